The molecule has 1 spiro atoms. The van der Waals surface area contributed by atoms with Crippen LogP contribution in [-0.4, -0.2) is 19.0 Å². The first-order valence-corrected chi connectivity index (χ1v) is 9.34. The number of hydrogen-bond donors (Lipinski definition) is 2. The molecule has 1 aliphatic carbocycles. The Morgan fingerprint density at radius 1 is 1.04 bits per heavy atom. The average Bonchev–Trinajstić information content (AvgIpc) is 3.36. The summed E-state index contributed by atoms with van der Waals surface area (Å²) in [5.74, 6) is 0.460. The van der Waals surface area contributed by atoms with E-state index in [2.05, 4.69) is 66.1 Å². The Bertz CT molecular complexity index is 732. The molecule has 0 bridgehead atoms. The molecule has 1 aliphatic heterocycles. The predicted octanol–water partition coefficient (Wildman–Crippen LogP) is 3.92. The summed E-state index contributed by atoms with van der Waals surface area (Å²) in [6, 6.07) is 19.0. The van der Waals surface area contributed by atoms with Gasteiger partial charge in [-0.15, -0.1) is 0 Å². The van der Waals surface area contributed by atoms with Gasteiger partial charge in [0.1, 0.15) is 0 Å². The van der Waals surface area contributed by atoms with E-state index in [0.29, 0.717) is 5.41 Å². The highest BCUT2D eigenvalue weighted by molar-refractivity contribution is 5.83. The lowest BCUT2D eigenvalue weighted by Crippen LogP contribution is -2.34. The van der Waals surface area contributed by atoms with Gasteiger partial charge >= 0.3 is 0 Å². The minimum atomic E-state index is 0.0525. The first-order chi connectivity index (χ1) is 12.2. The zero-order valence-corrected chi connectivity index (χ0v) is 14.8. The molecule has 2 aromatic carbocycles. The molecule has 130 valence electrons. The summed E-state index contributed by atoms with van der Waals surface area (Å²) in [4.78, 5) is 12.6. The molecule has 3 nitrogen and oxygen atoms in total. The predicted molar refractivity (Wildman–Crippen MR) is 101 cm³/mol. The summed E-state index contributed by atoms with van der Waals surface area (Å²) in [5, 5.41) is 6.62. The fourth-order valence-electron chi connectivity index (χ4n) is 4.19. The van der Waals surface area contributed by atoms with Gasteiger partial charge < -0.3 is 10.6 Å². The molecule has 1 saturated carbocycles. The van der Waals surface area contributed by atoms with Crippen LogP contribution in [0.2, 0.25) is 0 Å². The number of piperidine rings is 1. The Morgan fingerprint density at radius 3 is 2.36 bits per heavy atom. The minimum absolute atomic E-state index is 0.0525. The number of carbonyl (C=O) groups is 1. The summed E-state index contributed by atoms with van der Waals surface area (Å²) in [7, 11) is 0. The summed E-state index contributed by atoms with van der Waals surface area (Å²) in [6.45, 7) is 4.19. The molecule has 2 atom stereocenters. The topological polar surface area (TPSA) is 41.1 Å². The van der Waals surface area contributed by atoms with Gasteiger partial charge in [-0.2, -0.15) is 0 Å². The number of rotatable bonds is 4. The van der Waals surface area contributed by atoms with Gasteiger partial charge in [0.15, 0.2) is 0 Å². The number of hydrogen-bond acceptors (Lipinski definition) is 2. The third kappa shape index (κ3) is 3.34. The summed E-state index contributed by atoms with van der Waals surface area (Å²) in [6.07, 6.45) is 3.36. The van der Waals surface area contributed by atoms with E-state index in [1.165, 1.54) is 11.1 Å². The van der Waals surface area contributed by atoms with Gasteiger partial charge in [0.25, 0.3) is 0 Å². The van der Waals surface area contributed by atoms with Crippen LogP contribution in [-0.2, 0) is 4.79 Å². The lowest BCUT2D eigenvalue weighted by atomic mass is 9.91. The van der Waals surface area contributed by atoms with Crippen LogP contribution in [0.1, 0.15) is 37.8 Å². The maximum absolute atomic E-state index is 12.6. The molecule has 2 aromatic rings. The Balaban J connectivity index is 1.38. The number of nitrogens with one attached hydrogen (secondary N) is 2. The molecule has 0 aromatic heterocycles. The van der Waals surface area contributed by atoms with Gasteiger partial charge in [-0.05, 0) is 61.4 Å². The van der Waals surface area contributed by atoms with E-state index in [0.717, 1.165) is 37.9 Å². The highest BCUT2D eigenvalue weighted by Gasteiger charge is 2.57. The Kier molecular flexibility index (Phi) is 4.34. The van der Waals surface area contributed by atoms with Crippen LogP contribution >= 0.6 is 0 Å². The Morgan fingerprint density at radius 2 is 1.68 bits per heavy atom. The van der Waals surface area contributed by atoms with Gasteiger partial charge in [0.05, 0.1) is 6.04 Å². The standard InChI is InChI=1S/C22H26N2O/c1-16(24-21(25)20-15-22(20)11-13-23-14-12-22)17-7-9-19(10-8-17)18-5-3-2-4-6-18/h2-10,16,20,23H,11-15H2,1H3,(H,24,25). The molecular formula is C22H26N2O. The van der Waals surface area contributed by atoms with E-state index < -0.39 is 0 Å². The van der Waals surface area contributed by atoms with Crippen molar-refractivity contribution in [2.45, 2.75) is 32.2 Å². The van der Waals surface area contributed by atoms with Crippen LogP contribution in [0, 0.1) is 11.3 Å². The second-order valence-electron chi connectivity index (χ2n) is 7.59. The van der Waals surface area contributed by atoms with Crippen LogP contribution < -0.4 is 10.6 Å². The number of carbonyl (C=O) groups excluding carboxylic acids is 1. The Labute approximate surface area is 149 Å². The van der Waals surface area contributed by atoms with Crippen molar-refractivity contribution >= 4 is 5.91 Å². The Hall–Kier alpha value is -2.13. The van der Waals surface area contributed by atoms with Crippen molar-refractivity contribution in [2.75, 3.05) is 13.1 Å². The summed E-state index contributed by atoms with van der Waals surface area (Å²) < 4.78 is 0. The third-order valence-corrected chi connectivity index (χ3v) is 5.98. The van der Waals surface area contributed by atoms with Gasteiger partial charge in [-0.25, -0.2) is 0 Å². The maximum atomic E-state index is 12.6. The van der Waals surface area contributed by atoms with Crippen molar-refractivity contribution in [2.24, 2.45) is 11.3 Å². The maximum Gasteiger partial charge on any atom is 0.224 e. The van der Waals surface area contributed by atoms with Crippen LogP contribution in [0.4, 0.5) is 0 Å². The molecule has 0 radical (unpaired) electrons. The first-order valence-electron chi connectivity index (χ1n) is 9.34. The highest BCUT2D eigenvalue weighted by Crippen LogP contribution is 2.58. The van der Waals surface area contributed by atoms with Gasteiger partial charge in [-0.3, -0.25) is 4.79 Å². The highest BCUT2D eigenvalue weighted by atomic mass is 16.2. The van der Waals surface area contributed by atoms with E-state index in [-0.39, 0.29) is 17.9 Å². The molecule has 2 N–H and O–H groups in total. The third-order valence-electron chi connectivity index (χ3n) is 5.98. The quantitative estimate of drug-likeness (QED) is 0.890. The lowest BCUT2D eigenvalue weighted by Gasteiger charge is -2.24. The summed E-state index contributed by atoms with van der Waals surface area (Å²) >= 11 is 0. The number of amides is 1. The van der Waals surface area contributed by atoms with Crippen molar-refractivity contribution in [3.8, 4) is 11.1 Å². The van der Waals surface area contributed by atoms with Crippen molar-refractivity contribution in [3.05, 3.63) is 60.2 Å². The van der Waals surface area contributed by atoms with Crippen LogP contribution in [0.5, 0.6) is 0 Å². The largest absolute Gasteiger partial charge is 0.349 e. The number of benzene rings is 2. The lowest BCUT2D eigenvalue weighted by molar-refractivity contribution is -0.123. The molecule has 2 unspecified atom stereocenters. The van der Waals surface area contributed by atoms with Gasteiger partial charge in [0, 0.05) is 5.92 Å². The minimum Gasteiger partial charge on any atom is -0.349 e. The second kappa shape index (κ2) is 6.64. The normalized spacial score (nSPS) is 22.4. The van der Waals surface area contributed by atoms with E-state index >= 15 is 0 Å². The van der Waals surface area contributed by atoms with Crippen LogP contribution in [0.25, 0.3) is 11.1 Å². The van der Waals surface area contributed by atoms with Crippen molar-refractivity contribution in [1.29, 1.82) is 0 Å². The first kappa shape index (κ1) is 16.3. The van der Waals surface area contributed by atoms with E-state index in [9.17, 15) is 4.79 Å². The fourth-order valence-corrected chi connectivity index (χ4v) is 4.19. The molecule has 2 fully saturated rings. The summed E-state index contributed by atoms with van der Waals surface area (Å²) in [5.41, 5.74) is 3.88. The van der Waals surface area contributed by atoms with E-state index in [4.69, 9.17) is 0 Å². The van der Waals surface area contributed by atoms with Gasteiger partial charge in [0.2, 0.25) is 5.91 Å². The molecule has 25 heavy (non-hydrogen) atoms. The smallest absolute Gasteiger partial charge is 0.224 e. The van der Waals surface area contributed by atoms with E-state index in [1.807, 2.05) is 6.07 Å². The SMILES string of the molecule is CC(NC(=O)C1CC12CCNCC2)c1ccc(-c2ccccc2)cc1. The molecular weight excluding hydrogens is 308 g/mol. The zero-order valence-electron chi connectivity index (χ0n) is 14.8. The molecule has 1 amide bonds. The van der Waals surface area contributed by atoms with E-state index in [1.54, 1.807) is 0 Å². The molecule has 3 heteroatoms. The molecule has 1 saturated heterocycles. The van der Waals surface area contributed by atoms with Crippen LogP contribution in [0.3, 0.4) is 0 Å². The zero-order chi connectivity index (χ0) is 17.3. The van der Waals surface area contributed by atoms with Crippen molar-refractivity contribution in [1.82, 2.24) is 10.6 Å². The average molecular weight is 334 g/mol. The van der Waals surface area contributed by atoms with Crippen LogP contribution in [0.15, 0.2) is 54.6 Å². The molecule has 2 aliphatic rings. The van der Waals surface area contributed by atoms with Gasteiger partial charge in [-0.1, -0.05) is 54.6 Å². The van der Waals surface area contributed by atoms with Crippen molar-refractivity contribution in [3.63, 3.8) is 0 Å². The molecule has 1 heterocycles. The monoisotopic (exact) mass is 334 g/mol. The van der Waals surface area contributed by atoms with Crippen molar-refractivity contribution < 1.29 is 4.79 Å². The fraction of sp³-hybridized carbons (Fsp3) is 0.409. The second-order valence-corrected chi connectivity index (χ2v) is 7.59. The molecule has 4 rings (SSSR count).